The zero-order chi connectivity index (χ0) is 14.1. The van der Waals surface area contributed by atoms with Crippen molar-refractivity contribution in [3.63, 3.8) is 0 Å². The van der Waals surface area contributed by atoms with Crippen LogP contribution >= 0.6 is 0 Å². The van der Waals surface area contributed by atoms with Gasteiger partial charge in [0.05, 0.1) is 18.2 Å². The minimum Gasteiger partial charge on any atom is -0.376 e. The number of carbonyl (C=O) groups is 1. The molecule has 1 aromatic heterocycles. The van der Waals surface area contributed by atoms with E-state index in [2.05, 4.69) is 15.5 Å². The van der Waals surface area contributed by atoms with E-state index in [0.29, 0.717) is 12.5 Å². The van der Waals surface area contributed by atoms with Crippen LogP contribution in [-0.4, -0.2) is 53.3 Å². The molecule has 7 nitrogen and oxygen atoms in total. The Morgan fingerprint density at radius 1 is 1.45 bits per heavy atom. The number of hydrogen-bond donors (Lipinski definition) is 1. The number of nitrogens with one attached hydrogen (secondary N) is 1. The third kappa shape index (κ3) is 2.43. The largest absolute Gasteiger partial charge is 0.376 e. The highest BCUT2D eigenvalue weighted by Gasteiger charge is 2.33. The quantitative estimate of drug-likeness (QED) is 0.879. The molecule has 0 aliphatic carbocycles. The van der Waals surface area contributed by atoms with Gasteiger partial charge in [-0.05, 0) is 32.7 Å². The second kappa shape index (κ2) is 5.49. The summed E-state index contributed by atoms with van der Waals surface area (Å²) in [7, 11) is 1.77. The molecular formula is C13H20N4O3. The molecule has 7 heteroatoms. The molecule has 1 aromatic rings. The Kier molecular flexibility index (Phi) is 3.71. The van der Waals surface area contributed by atoms with Crippen LogP contribution in [0.4, 0.5) is 0 Å². The Labute approximate surface area is 117 Å². The highest BCUT2D eigenvalue weighted by Crippen LogP contribution is 2.23. The van der Waals surface area contributed by atoms with Gasteiger partial charge >= 0.3 is 0 Å². The first-order valence-corrected chi connectivity index (χ1v) is 7.12. The molecule has 2 aliphatic rings. The first-order chi connectivity index (χ1) is 9.66. The normalized spacial score (nSPS) is 29.8. The first kappa shape index (κ1) is 13.5. The fraction of sp³-hybridized carbons (Fsp3) is 0.769. The van der Waals surface area contributed by atoms with Crippen molar-refractivity contribution < 1.29 is 14.1 Å². The van der Waals surface area contributed by atoms with Crippen molar-refractivity contribution in [1.82, 2.24) is 20.4 Å². The summed E-state index contributed by atoms with van der Waals surface area (Å²) in [6.07, 6.45) is 2.96. The Bertz CT molecular complexity index is 484. The minimum absolute atomic E-state index is 0.0480. The molecule has 0 bridgehead atoms. The van der Waals surface area contributed by atoms with Crippen molar-refractivity contribution in [2.45, 2.75) is 44.4 Å². The summed E-state index contributed by atoms with van der Waals surface area (Å²) < 4.78 is 10.7. The van der Waals surface area contributed by atoms with Crippen molar-refractivity contribution in [2.24, 2.45) is 0 Å². The Morgan fingerprint density at radius 2 is 2.30 bits per heavy atom. The highest BCUT2D eigenvalue weighted by molar-refractivity contribution is 5.90. The van der Waals surface area contributed by atoms with Crippen LogP contribution in [0.25, 0.3) is 0 Å². The van der Waals surface area contributed by atoms with Gasteiger partial charge in [0.2, 0.25) is 5.89 Å². The molecule has 2 saturated heterocycles. The summed E-state index contributed by atoms with van der Waals surface area (Å²) in [4.78, 5) is 18.3. The number of likely N-dealkylation sites (N-methyl/N-ethyl adjacent to an activating group) is 1. The van der Waals surface area contributed by atoms with Crippen molar-refractivity contribution in [1.29, 1.82) is 0 Å². The maximum atomic E-state index is 12.4. The lowest BCUT2D eigenvalue weighted by atomic mass is 10.1. The average Bonchev–Trinajstić information content (AvgIpc) is 3.17. The number of amides is 1. The van der Waals surface area contributed by atoms with E-state index in [0.717, 1.165) is 25.8 Å². The van der Waals surface area contributed by atoms with Gasteiger partial charge in [0.1, 0.15) is 0 Å². The second-order valence-corrected chi connectivity index (χ2v) is 5.45. The number of ether oxygens (including phenoxy) is 1. The van der Waals surface area contributed by atoms with Crippen molar-refractivity contribution >= 4 is 5.91 Å². The van der Waals surface area contributed by atoms with Crippen LogP contribution < -0.4 is 5.32 Å². The van der Waals surface area contributed by atoms with E-state index < -0.39 is 0 Å². The molecule has 1 N–H and O–H groups in total. The van der Waals surface area contributed by atoms with Crippen LogP contribution in [-0.2, 0) is 4.74 Å². The summed E-state index contributed by atoms with van der Waals surface area (Å²) in [6, 6.07) is 0.164. The number of hydrogen-bond acceptors (Lipinski definition) is 6. The Morgan fingerprint density at radius 3 is 2.95 bits per heavy atom. The molecule has 3 rings (SSSR count). The lowest BCUT2D eigenvalue weighted by Gasteiger charge is -2.25. The fourth-order valence-electron chi connectivity index (χ4n) is 2.90. The van der Waals surface area contributed by atoms with Gasteiger partial charge in [0.25, 0.3) is 11.7 Å². The van der Waals surface area contributed by atoms with E-state index in [1.54, 1.807) is 11.9 Å². The summed E-state index contributed by atoms with van der Waals surface area (Å²) in [5, 5.41) is 7.10. The van der Waals surface area contributed by atoms with Crippen molar-refractivity contribution in [3.8, 4) is 0 Å². The van der Waals surface area contributed by atoms with Crippen molar-refractivity contribution in [3.05, 3.63) is 11.7 Å². The third-order valence-electron chi connectivity index (χ3n) is 4.15. The highest BCUT2D eigenvalue weighted by atomic mass is 16.5. The van der Waals surface area contributed by atoms with Gasteiger partial charge in [-0.2, -0.15) is 4.98 Å². The van der Waals surface area contributed by atoms with E-state index >= 15 is 0 Å². The summed E-state index contributed by atoms with van der Waals surface area (Å²) >= 11 is 0. The molecule has 0 aromatic carbocycles. The average molecular weight is 280 g/mol. The lowest BCUT2D eigenvalue weighted by molar-refractivity contribution is 0.0562. The maximum Gasteiger partial charge on any atom is 0.295 e. The van der Waals surface area contributed by atoms with Crippen LogP contribution in [0.5, 0.6) is 0 Å². The van der Waals surface area contributed by atoms with Crippen molar-refractivity contribution in [2.75, 3.05) is 20.2 Å². The van der Waals surface area contributed by atoms with Crippen LogP contribution in [0.1, 0.15) is 48.7 Å². The zero-order valence-corrected chi connectivity index (χ0v) is 11.8. The predicted octanol–water partition coefficient (Wildman–Crippen LogP) is 0.743. The third-order valence-corrected chi connectivity index (χ3v) is 4.15. The molecule has 0 radical (unpaired) electrons. The van der Waals surface area contributed by atoms with Gasteiger partial charge in [-0.25, -0.2) is 0 Å². The summed E-state index contributed by atoms with van der Waals surface area (Å²) in [5.74, 6) is 0.436. The molecule has 1 amide bonds. The van der Waals surface area contributed by atoms with E-state index in [1.807, 2.05) is 6.92 Å². The molecule has 3 heterocycles. The monoisotopic (exact) mass is 280 g/mol. The summed E-state index contributed by atoms with van der Waals surface area (Å²) in [5.41, 5.74) is 0. The topological polar surface area (TPSA) is 80.5 Å². The lowest BCUT2D eigenvalue weighted by Crippen LogP contribution is -2.41. The molecule has 2 fully saturated rings. The van der Waals surface area contributed by atoms with Crippen LogP contribution in [0.3, 0.4) is 0 Å². The molecule has 2 aliphatic heterocycles. The van der Waals surface area contributed by atoms with Gasteiger partial charge in [-0.1, -0.05) is 5.16 Å². The maximum absolute atomic E-state index is 12.4. The SMILES string of the molecule is CC1OCCC1N(C)C(=O)c1noc(C2CCCN2)n1. The molecular weight excluding hydrogens is 260 g/mol. The van der Waals surface area contributed by atoms with Crippen LogP contribution in [0.2, 0.25) is 0 Å². The minimum atomic E-state index is -0.208. The number of aromatic nitrogens is 2. The number of nitrogens with zero attached hydrogens (tertiary/aromatic N) is 3. The van der Waals surface area contributed by atoms with Gasteiger partial charge < -0.3 is 19.5 Å². The Balaban J connectivity index is 1.70. The van der Waals surface area contributed by atoms with E-state index in [4.69, 9.17) is 9.26 Å². The van der Waals surface area contributed by atoms with Crippen LogP contribution in [0, 0.1) is 0 Å². The molecule has 0 spiro atoms. The second-order valence-electron chi connectivity index (χ2n) is 5.45. The molecule has 0 saturated carbocycles. The van der Waals surface area contributed by atoms with Gasteiger partial charge in [-0.15, -0.1) is 0 Å². The van der Waals surface area contributed by atoms with E-state index in [1.165, 1.54) is 0 Å². The summed E-state index contributed by atoms with van der Waals surface area (Å²) in [6.45, 7) is 3.62. The Hall–Kier alpha value is -1.47. The number of carbonyl (C=O) groups excluding carboxylic acids is 1. The van der Waals surface area contributed by atoms with Crippen LogP contribution in [0.15, 0.2) is 4.52 Å². The number of rotatable bonds is 3. The van der Waals surface area contributed by atoms with E-state index in [9.17, 15) is 4.79 Å². The standard InChI is InChI=1S/C13H20N4O3/c1-8-10(5-7-19-8)17(2)13(18)11-15-12(20-16-11)9-4-3-6-14-9/h8-10,14H,3-7H2,1-2H3. The smallest absolute Gasteiger partial charge is 0.295 e. The fourth-order valence-corrected chi connectivity index (χ4v) is 2.90. The molecule has 3 atom stereocenters. The van der Waals surface area contributed by atoms with Gasteiger partial charge in [0, 0.05) is 13.7 Å². The van der Waals surface area contributed by atoms with Gasteiger partial charge in [-0.3, -0.25) is 4.79 Å². The molecule has 20 heavy (non-hydrogen) atoms. The molecule has 3 unspecified atom stereocenters. The zero-order valence-electron chi connectivity index (χ0n) is 11.8. The predicted molar refractivity (Wildman–Crippen MR) is 70.2 cm³/mol. The molecule has 110 valence electrons. The first-order valence-electron chi connectivity index (χ1n) is 7.12. The van der Waals surface area contributed by atoms with E-state index in [-0.39, 0.29) is 29.9 Å². The van der Waals surface area contributed by atoms with Gasteiger partial charge in [0.15, 0.2) is 0 Å².